The summed E-state index contributed by atoms with van der Waals surface area (Å²) in [6.45, 7) is 3.89. The molecule has 0 unspecified atom stereocenters. The number of hydrogen-bond donors (Lipinski definition) is 1. The van der Waals surface area contributed by atoms with Gasteiger partial charge in [0.1, 0.15) is 4.83 Å². The zero-order valence-electron chi connectivity index (χ0n) is 14.5. The topological polar surface area (TPSA) is 87.8 Å². The first-order valence-corrected chi connectivity index (χ1v) is 9.60. The number of aromatic nitrogens is 2. The first-order chi connectivity index (χ1) is 12.4. The Labute approximate surface area is 158 Å². The van der Waals surface area contributed by atoms with Crippen LogP contribution in [0, 0.1) is 25.2 Å². The second-order valence-corrected chi connectivity index (χ2v) is 7.90. The van der Waals surface area contributed by atoms with Crippen LogP contribution in [0.2, 0.25) is 0 Å². The maximum atomic E-state index is 12.6. The molecule has 0 atom stereocenters. The van der Waals surface area contributed by atoms with Gasteiger partial charge < -0.3 is 5.32 Å². The number of aryl methyl sites for hydroxylation is 2. The summed E-state index contributed by atoms with van der Waals surface area (Å²) in [5, 5.41) is 12.8. The number of nitrogens with zero attached hydrogens (tertiary/aromatic N) is 3. The van der Waals surface area contributed by atoms with Crippen molar-refractivity contribution in [3.8, 4) is 6.07 Å². The predicted molar refractivity (Wildman–Crippen MR) is 105 cm³/mol. The predicted octanol–water partition coefficient (Wildman–Crippen LogP) is 3.21. The van der Waals surface area contributed by atoms with Gasteiger partial charge in [0, 0.05) is 17.6 Å². The molecule has 2 heterocycles. The van der Waals surface area contributed by atoms with Gasteiger partial charge in [0.05, 0.1) is 22.8 Å². The molecule has 3 rings (SSSR count). The zero-order chi connectivity index (χ0) is 18.8. The summed E-state index contributed by atoms with van der Waals surface area (Å²) in [7, 11) is 1.66. The number of thioether (sulfide) groups is 1. The maximum Gasteiger partial charge on any atom is 0.262 e. The van der Waals surface area contributed by atoms with Gasteiger partial charge in [-0.15, -0.1) is 11.3 Å². The number of nitrogens with one attached hydrogen (secondary N) is 1. The summed E-state index contributed by atoms with van der Waals surface area (Å²) in [5.41, 5.74) is 1.91. The van der Waals surface area contributed by atoms with Gasteiger partial charge >= 0.3 is 0 Å². The Kier molecular flexibility index (Phi) is 5.11. The van der Waals surface area contributed by atoms with E-state index in [1.165, 1.54) is 27.7 Å². The molecule has 6 nitrogen and oxygen atoms in total. The molecule has 2 aromatic heterocycles. The van der Waals surface area contributed by atoms with Crippen molar-refractivity contribution in [2.45, 2.75) is 19.0 Å². The van der Waals surface area contributed by atoms with Crippen molar-refractivity contribution in [3.63, 3.8) is 0 Å². The molecule has 0 aliphatic heterocycles. The second kappa shape index (κ2) is 7.32. The lowest BCUT2D eigenvalue weighted by molar-refractivity contribution is -0.113. The average Bonchev–Trinajstić information content (AvgIpc) is 2.91. The molecule has 1 N–H and O–H groups in total. The maximum absolute atomic E-state index is 12.6. The molecule has 1 amide bonds. The van der Waals surface area contributed by atoms with Gasteiger partial charge in [-0.1, -0.05) is 17.8 Å². The lowest BCUT2D eigenvalue weighted by Gasteiger charge is -2.08. The number of carbonyl (C=O) groups excluding carboxylic acids is 1. The monoisotopic (exact) mass is 384 g/mol. The minimum atomic E-state index is -0.224. The number of benzene rings is 1. The Hall–Kier alpha value is -2.63. The largest absolute Gasteiger partial charge is 0.325 e. The Morgan fingerprint density at radius 3 is 2.92 bits per heavy atom. The minimum absolute atomic E-state index is 0.0959. The van der Waals surface area contributed by atoms with Crippen LogP contribution < -0.4 is 10.9 Å². The van der Waals surface area contributed by atoms with E-state index >= 15 is 0 Å². The van der Waals surface area contributed by atoms with Crippen molar-refractivity contribution in [2.75, 3.05) is 11.1 Å². The molecule has 0 saturated heterocycles. The summed E-state index contributed by atoms with van der Waals surface area (Å²) in [6.07, 6.45) is 0. The molecule has 0 aliphatic carbocycles. The fourth-order valence-electron chi connectivity index (χ4n) is 2.48. The third kappa shape index (κ3) is 3.49. The number of amides is 1. The van der Waals surface area contributed by atoms with Crippen LogP contribution in [0.4, 0.5) is 5.69 Å². The average molecular weight is 384 g/mol. The van der Waals surface area contributed by atoms with Crippen LogP contribution in [0.1, 0.15) is 16.0 Å². The summed E-state index contributed by atoms with van der Waals surface area (Å²) < 4.78 is 1.48. The van der Waals surface area contributed by atoms with E-state index in [2.05, 4.69) is 10.3 Å². The quantitative estimate of drug-likeness (QED) is 0.551. The van der Waals surface area contributed by atoms with E-state index in [0.717, 1.165) is 10.4 Å². The van der Waals surface area contributed by atoms with E-state index in [1.54, 1.807) is 31.3 Å². The van der Waals surface area contributed by atoms with Gasteiger partial charge in [0.15, 0.2) is 5.16 Å². The highest BCUT2D eigenvalue weighted by Crippen LogP contribution is 2.28. The fourth-order valence-corrected chi connectivity index (χ4v) is 4.32. The van der Waals surface area contributed by atoms with E-state index < -0.39 is 0 Å². The van der Waals surface area contributed by atoms with Crippen LogP contribution in [-0.4, -0.2) is 21.2 Å². The number of thiophene rings is 1. The summed E-state index contributed by atoms with van der Waals surface area (Å²) in [6, 6.07) is 8.75. The Morgan fingerprint density at radius 2 is 2.19 bits per heavy atom. The molecule has 0 radical (unpaired) electrons. The first kappa shape index (κ1) is 18.2. The number of hydrogen-bond acceptors (Lipinski definition) is 6. The molecule has 8 heteroatoms. The van der Waals surface area contributed by atoms with E-state index in [1.807, 2.05) is 19.9 Å². The molecule has 26 heavy (non-hydrogen) atoms. The molecule has 132 valence electrons. The highest BCUT2D eigenvalue weighted by atomic mass is 32.2. The lowest BCUT2D eigenvalue weighted by atomic mass is 10.2. The van der Waals surface area contributed by atoms with Crippen molar-refractivity contribution in [2.24, 2.45) is 7.05 Å². The number of nitriles is 1. The highest BCUT2D eigenvalue weighted by molar-refractivity contribution is 7.99. The van der Waals surface area contributed by atoms with Gasteiger partial charge in [0.25, 0.3) is 5.56 Å². The van der Waals surface area contributed by atoms with Crippen LogP contribution in [0.5, 0.6) is 0 Å². The molecule has 0 fully saturated rings. The number of rotatable bonds is 4. The van der Waals surface area contributed by atoms with Crippen molar-refractivity contribution in [1.82, 2.24) is 9.55 Å². The normalized spacial score (nSPS) is 10.7. The van der Waals surface area contributed by atoms with Crippen LogP contribution in [-0.2, 0) is 11.8 Å². The molecule has 0 saturated carbocycles. The van der Waals surface area contributed by atoms with Crippen LogP contribution in [0.25, 0.3) is 10.2 Å². The number of carbonyl (C=O) groups is 1. The van der Waals surface area contributed by atoms with Gasteiger partial charge in [-0.25, -0.2) is 4.98 Å². The Morgan fingerprint density at radius 1 is 1.42 bits per heavy atom. The van der Waals surface area contributed by atoms with Crippen molar-refractivity contribution < 1.29 is 4.79 Å². The number of fused-ring (bicyclic) bond motifs is 1. The molecular weight excluding hydrogens is 368 g/mol. The third-order valence-corrected chi connectivity index (χ3v) is 6.11. The first-order valence-electron chi connectivity index (χ1n) is 7.80. The Bertz CT molecular complexity index is 1110. The molecule has 1 aromatic carbocycles. The summed E-state index contributed by atoms with van der Waals surface area (Å²) in [5.74, 6) is -0.107. The Balaban J connectivity index is 1.77. The van der Waals surface area contributed by atoms with E-state index in [4.69, 9.17) is 5.26 Å². The molecule has 0 aliphatic rings. The molecule has 3 aromatic rings. The van der Waals surface area contributed by atoms with Crippen molar-refractivity contribution in [1.29, 1.82) is 5.26 Å². The van der Waals surface area contributed by atoms with Gasteiger partial charge in [-0.05, 0) is 37.6 Å². The van der Waals surface area contributed by atoms with E-state index in [9.17, 15) is 9.59 Å². The van der Waals surface area contributed by atoms with Gasteiger partial charge in [0.2, 0.25) is 5.91 Å². The number of anilines is 1. The smallest absolute Gasteiger partial charge is 0.262 e. The van der Waals surface area contributed by atoms with Crippen LogP contribution in [0.3, 0.4) is 0 Å². The SMILES string of the molecule is Cc1sc2nc(SCC(=O)Nc3cccc(C#N)c3)n(C)c(=O)c2c1C. The highest BCUT2D eigenvalue weighted by Gasteiger charge is 2.15. The minimum Gasteiger partial charge on any atom is -0.325 e. The standard InChI is InChI=1S/C18H16N4O2S2/c1-10-11(2)26-16-15(10)17(24)22(3)18(21-16)25-9-14(23)20-13-6-4-5-12(7-13)8-19/h4-7H,9H2,1-3H3,(H,20,23). The molecule has 0 bridgehead atoms. The third-order valence-electron chi connectivity index (χ3n) is 3.98. The summed E-state index contributed by atoms with van der Waals surface area (Å²) >= 11 is 2.70. The van der Waals surface area contributed by atoms with Gasteiger partial charge in [-0.3, -0.25) is 14.2 Å². The van der Waals surface area contributed by atoms with Crippen LogP contribution in [0.15, 0.2) is 34.2 Å². The van der Waals surface area contributed by atoms with Crippen LogP contribution >= 0.6 is 23.1 Å². The van der Waals surface area contributed by atoms with Crippen molar-refractivity contribution in [3.05, 3.63) is 50.6 Å². The second-order valence-electron chi connectivity index (χ2n) is 5.75. The van der Waals surface area contributed by atoms with Crippen molar-refractivity contribution >= 4 is 44.9 Å². The lowest BCUT2D eigenvalue weighted by Crippen LogP contribution is -2.21. The summed E-state index contributed by atoms with van der Waals surface area (Å²) in [4.78, 5) is 31.1. The van der Waals surface area contributed by atoms with Gasteiger partial charge in [-0.2, -0.15) is 5.26 Å². The van der Waals surface area contributed by atoms with E-state index in [-0.39, 0.29) is 17.2 Å². The molecule has 0 spiro atoms. The zero-order valence-corrected chi connectivity index (χ0v) is 16.1. The fraction of sp³-hybridized carbons (Fsp3) is 0.222. The molecular formula is C18H16N4O2S2. The van der Waals surface area contributed by atoms with E-state index in [0.29, 0.717) is 26.6 Å².